The van der Waals surface area contributed by atoms with Crippen molar-refractivity contribution in [3.8, 4) is 5.75 Å². The Balaban J connectivity index is 0.00000220. The van der Waals surface area contributed by atoms with Gasteiger partial charge in [0.25, 0.3) is 0 Å². The highest BCUT2D eigenvalue weighted by Crippen LogP contribution is 2.18. The Morgan fingerprint density at radius 3 is 2.48 bits per heavy atom. The molecule has 0 aliphatic heterocycles. The van der Waals surface area contributed by atoms with Crippen LogP contribution < -0.4 is 15.4 Å². The van der Waals surface area contributed by atoms with E-state index < -0.39 is 6.04 Å². The van der Waals surface area contributed by atoms with E-state index in [2.05, 4.69) is 15.7 Å². The summed E-state index contributed by atoms with van der Waals surface area (Å²) in [5.41, 5.74) is 1.54. The van der Waals surface area contributed by atoms with Crippen LogP contribution in [0.25, 0.3) is 0 Å². The van der Waals surface area contributed by atoms with Crippen LogP contribution in [0, 0.1) is 0 Å². The number of aryl methyl sites for hydroxylation is 1. The molecular formula is C14H19ClN4O2. The Hall–Kier alpha value is -2.05. The number of hydrogen-bond acceptors (Lipinski definition) is 4. The van der Waals surface area contributed by atoms with E-state index in [1.807, 2.05) is 13.2 Å². The van der Waals surface area contributed by atoms with Crippen molar-refractivity contribution in [2.75, 3.05) is 19.5 Å². The maximum Gasteiger partial charge on any atom is 0.246 e. The van der Waals surface area contributed by atoms with Crippen LogP contribution in [0.3, 0.4) is 0 Å². The molecule has 2 aromatic rings. The fourth-order valence-corrected chi connectivity index (χ4v) is 1.93. The first-order valence-electron chi connectivity index (χ1n) is 6.24. The summed E-state index contributed by atoms with van der Waals surface area (Å²) in [4.78, 5) is 12.3. The number of halogens is 1. The zero-order valence-corrected chi connectivity index (χ0v) is 13.0. The van der Waals surface area contributed by atoms with Crippen LogP contribution in [0.1, 0.15) is 11.6 Å². The molecule has 0 bridgehead atoms. The first-order valence-corrected chi connectivity index (χ1v) is 6.24. The summed E-state index contributed by atoms with van der Waals surface area (Å²) in [7, 11) is 5.16. The van der Waals surface area contributed by atoms with Crippen molar-refractivity contribution in [2.24, 2.45) is 7.05 Å². The monoisotopic (exact) mass is 310 g/mol. The normalized spacial score (nSPS) is 11.4. The third kappa shape index (κ3) is 4.21. The Kier molecular flexibility index (Phi) is 6.20. The standard InChI is InChI=1S/C14H18N4O2.ClH/c1-15-13(10-8-16-18(2)9-10)14(19)17-11-4-6-12(20-3)7-5-11;/h4-9,13,15H,1-3H3,(H,17,19);1H. The number of carbonyl (C=O) groups is 1. The number of ether oxygens (including phenoxy) is 1. The second-order valence-electron chi connectivity index (χ2n) is 4.39. The number of nitrogens with zero attached hydrogens (tertiary/aromatic N) is 2. The van der Waals surface area contributed by atoms with Crippen LogP contribution in [-0.2, 0) is 11.8 Å². The molecular weight excluding hydrogens is 292 g/mol. The van der Waals surface area contributed by atoms with E-state index >= 15 is 0 Å². The number of hydrogen-bond donors (Lipinski definition) is 2. The molecule has 1 aromatic heterocycles. The molecule has 0 fully saturated rings. The van der Waals surface area contributed by atoms with Gasteiger partial charge in [0.1, 0.15) is 11.8 Å². The van der Waals surface area contributed by atoms with Gasteiger partial charge >= 0.3 is 0 Å². The molecule has 21 heavy (non-hydrogen) atoms. The van der Waals surface area contributed by atoms with E-state index in [1.54, 1.807) is 49.3 Å². The minimum atomic E-state index is -0.439. The summed E-state index contributed by atoms with van der Waals surface area (Å²) in [6, 6.07) is 6.76. The van der Waals surface area contributed by atoms with Crippen LogP contribution in [0.4, 0.5) is 5.69 Å². The molecule has 0 radical (unpaired) electrons. The molecule has 2 N–H and O–H groups in total. The Bertz CT molecular complexity index is 583. The van der Waals surface area contributed by atoms with E-state index in [1.165, 1.54) is 0 Å². The van der Waals surface area contributed by atoms with Crippen molar-refractivity contribution >= 4 is 24.0 Å². The first-order chi connectivity index (χ1) is 9.63. The number of rotatable bonds is 5. The second kappa shape index (κ2) is 7.66. The molecule has 7 heteroatoms. The molecule has 114 valence electrons. The molecule has 1 aromatic carbocycles. The van der Waals surface area contributed by atoms with E-state index in [4.69, 9.17) is 4.74 Å². The van der Waals surface area contributed by atoms with Gasteiger partial charge < -0.3 is 15.4 Å². The first kappa shape index (κ1) is 17.0. The quantitative estimate of drug-likeness (QED) is 0.883. The van der Waals surface area contributed by atoms with Crippen molar-refractivity contribution < 1.29 is 9.53 Å². The van der Waals surface area contributed by atoms with Gasteiger partial charge in [-0.25, -0.2) is 0 Å². The van der Waals surface area contributed by atoms with Gasteiger partial charge in [0.2, 0.25) is 5.91 Å². The Labute approximate surface area is 129 Å². The molecule has 1 heterocycles. The number of anilines is 1. The Morgan fingerprint density at radius 1 is 1.33 bits per heavy atom. The number of carbonyl (C=O) groups excluding carboxylic acids is 1. The lowest BCUT2D eigenvalue weighted by Crippen LogP contribution is -2.30. The number of likely N-dealkylation sites (N-methyl/N-ethyl adjacent to an activating group) is 1. The third-order valence-electron chi connectivity index (χ3n) is 2.97. The number of amides is 1. The van der Waals surface area contributed by atoms with E-state index in [0.717, 1.165) is 17.0 Å². The van der Waals surface area contributed by atoms with Crippen LogP contribution in [0.2, 0.25) is 0 Å². The summed E-state index contributed by atoms with van der Waals surface area (Å²) in [6.45, 7) is 0. The largest absolute Gasteiger partial charge is 0.497 e. The van der Waals surface area contributed by atoms with Gasteiger partial charge in [-0.2, -0.15) is 5.10 Å². The predicted octanol–water partition coefficient (Wildman–Crippen LogP) is 1.75. The van der Waals surface area contributed by atoms with E-state index in [0.29, 0.717) is 0 Å². The average Bonchev–Trinajstić information content (AvgIpc) is 2.87. The van der Waals surface area contributed by atoms with Crippen LogP contribution in [0.15, 0.2) is 36.7 Å². The lowest BCUT2D eigenvalue weighted by atomic mass is 10.1. The topological polar surface area (TPSA) is 68.2 Å². The summed E-state index contributed by atoms with van der Waals surface area (Å²) < 4.78 is 6.75. The van der Waals surface area contributed by atoms with Gasteiger partial charge in [0.05, 0.1) is 13.3 Å². The molecule has 0 spiro atoms. The predicted molar refractivity (Wildman–Crippen MR) is 83.9 cm³/mol. The molecule has 2 rings (SSSR count). The highest BCUT2D eigenvalue weighted by molar-refractivity contribution is 5.95. The average molecular weight is 311 g/mol. The zero-order chi connectivity index (χ0) is 14.5. The summed E-state index contributed by atoms with van der Waals surface area (Å²) in [5, 5.41) is 9.92. The lowest BCUT2D eigenvalue weighted by Gasteiger charge is -2.14. The highest BCUT2D eigenvalue weighted by atomic mass is 35.5. The van der Waals surface area contributed by atoms with Gasteiger partial charge in [-0.15, -0.1) is 12.4 Å². The van der Waals surface area contributed by atoms with E-state index in [9.17, 15) is 4.79 Å². The summed E-state index contributed by atoms with van der Waals surface area (Å²) >= 11 is 0. The molecule has 0 aliphatic rings. The smallest absolute Gasteiger partial charge is 0.246 e. The molecule has 0 saturated carbocycles. The van der Waals surface area contributed by atoms with Crippen molar-refractivity contribution in [3.05, 3.63) is 42.2 Å². The number of benzene rings is 1. The van der Waals surface area contributed by atoms with Gasteiger partial charge in [-0.3, -0.25) is 9.48 Å². The fourth-order valence-electron chi connectivity index (χ4n) is 1.93. The fraction of sp³-hybridized carbons (Fsp3) is 0.286. The molecule has 1 unspecified atom stereocenters. The van der Waals surface area contributed by atoms with Crippen molar-refractivity contribution in [3.63, 3.8) is 0 Å². The molecule has 1 amide bonds. The van der Waals surface area contributed by atoms with Crippen LogP contribution in [0.5, 0.6) is 5.75 Å². The van der Waals surface area contributed by atoms with Crippen molar-refractivity contribution in [1.82, 2.24) is 15.1 Å². The van der Waals surface area contributed by atoms with Crippen LogP contribution >= 0.6 is 12.4 Å². The zero-order valence-electron chi connectivity index (χ0n) is 12.2. The Morgan fingerprint density at radius 2 is 2.00 bits per heavy atom. The number of nitrogens with one attached hydrogen (secondary N) is 2. The summed E-state index contributed by atoms with van der Waals surface area (Å²) in [6.07, 6.45) is 3.49. The third-order valence-corrected chi connectivity index (χ3v) is 2.97. The highest BCUT2D eigenvalue weighted by Gasteiger charge is 2.20. The minimum Gasteiger partial charge on any atom is -0.497 e. The number of methoxy groups -OCH3 is 1. The molecule has 6 nitrogen and oxygen atoms in total. The van der Waals surface area contributed by atoms with Crippen molar-refractivity contribution in [1.29, 1.82) is 0 Å². The van der Waals surface area contributed by atoms with Crippen molar-refractivity contribution in [2.45, 2.75) is 6.04 Å². The maximum absolute atomic E-state index is 12.3. The van der Waals surface area contributed by atoms with Gasteiger partial charge in [-0.05, 0) is 31.3 Å². The summed E-state index contributed by atoms with van der Waals surface area (Å²) in [5.74, 6) is 0.617. The lowest BCUT2D eigenvalue weighted by molar-refractivity contribution is -0.118. The second-order valence-corrected chi connectivity index (χ2v) is 4.39. The van der Waals surface area contributed by atoms with Gasteiger partial charge in [0.15, 0.2) is 0 Å². The van der Waals surface area contributed by atoms with Gasteiger partial charge in [0, 0.05) is 24.5 Å². The molecule has 0 saturated heterocycles. The molecule has 0 aliphatic carbocycles. The maximum atomic E-state index is 12.3. The molecule has 1 atom stereocenters. The number of aromatic nitrogens is 2. The minimum absolute atomic E-state index is 0. The van der Waals surface area contributed by atoms with E-state index in [-0.39, 0.29) is 18.3 Å². The van der Waals surface area contributed by atoms with Gasteiger partial charge in [-0.1, -0.05) is 0 Å². The SMILES string of the molecule is CNC(C(=O)Nc1ccc(OC)cc1)c1cnn(C)c1.Cl. The van der Waals surface area contributed by atoms with Crippen LogP contribution in [-0.4, -0.2) is 29.8 Å².